The molecule has 4 heteroatoms. The number of hydrogen-bond acceptors (Lipinski definition) is 2. The second-order valence-electron chi connectivity index (χ2n) is 5.44. The molecule has 0 aliphatic heterocycles. The van der Waals surface area contributed by atoms with E-state index in [1.54, 1.807) is 12.3 Å². The molecule has 0 bridgehead atoms. The first-order chi connectivity index (χ1) is 10.7. The van der Waals surface area contributed by atoms with Crippen molar-refractivity contribution in [2.24, 2.45) is 0 Å². The van der Waals surface area contributed by atoms with E-state index in [1.807, 2.05) is 24.4 Å². The van der Waals surface area contributed by atoms with Gasteiger partial charge in [0.25, 0.3) is 0 Å². The summed E-state index contributed by atoms with van der Waals surface area (Å²) in [7, 11) is 0. The highest BCUT2D eigenvalue weighted by Gasteiger charge is 2.11. The van der Waals surface area contributed by atoms with Crippen LogP contribution in [0.2, 0.25) is 10.0 Å². The average Bonchev–Trinajstić information content (AvgIpc) is 2.52. The van der Waals surface area contributed by atoms with E-state index in [9.17, 15) is 0 Å². The fourth-order valence-corrected chi connectivity index (χ4v) is 2.99. The normalized spacial score (nSPS) is 10.7. The Morgan fingerprint density at radius 3 is 2.64 bits per heavy atom. The van der Waals surface area contributed by atoms with Crippen LogP contribution in [0.15, 0.2) is 42.7 Å². The summed E-state index contributed by atoms with van der Waals surface area (Å²) in [4.78, 5) is 6.51. The highest BCUT2D eigenvalue weighted by Crippen LogP contribution is 2.30. The van der Waals surface area contributed by atoms with Gasteiger partial charge in [-0.05, 0) is 36.2 Å². The van der Waals surface area contributed by atoms with Gasteiger partial charge in [-0.25, -0.2) is 0 Å². The predicted octanol–water partition coefficient (Wildman–Crippen LogP) is 5.98. The number of anilines is 1. The molecule has 2 rings (SSSR count). The van der Waals surface area contributed by atoms with Gasteiger partial charge in [0.05, 0.1) is 10.7 Å². The first-order valence-corrected chi connectivity index (χ1v) is 8.55. The van der Waals surface area contributed by atoms with Gasteiger partial charge in [0.1, 0.15) is 0 Å². The molecule has 0 aliphatic carbocycles. The molecule has 1 heterocycles. The smallest absolute Gasteiger partial charge is 0.0654 e. The van der Waals surface area contributed by atoms with Crippen molar-refractivity contribution in [1.82, 2.24) is 4.98 Å². The van der Waals surface area contributed by atoms with Crippen LogP contribution in [0.4, 0.5) is 5.69 Å². The van der Waals surface area contributed by atoms with Gasteiger partial charge in [-0.15, -0.1) is 0 Å². The Balaban J connectivity index is 2.13. The third kappa shape index (κ3) is 5.19. The van der Waals surface area contributed by atoms with Gasteiger partial charge in [0.2, 0.25) is 0 Å². The molecule has 0 unspecified atom stereocenters. The minimum absolute atomic E-state index is 0.668. The number of hydrogen-bond donors (Lipinski definition) is 0. The molecule has 0 amide bonds. The third-order valence-corrected chi connectivity index (χ3v) is 4.17. The molecule has 2 nitrogen and oxygen atoms in total. The zero-order valence-corrected chi connectivity index (χ0v) is 14.4. The Morgan fingerprint density at radius 1 is 1.09 bits per heavy atom. The molecule has 0 N–H and O–H groups in total. The monoisotopic (exact) mass is 336 g/mol. The standard InChI is InChI=1S/C18H22Cl2N2/c1-2-3-4-5-11-22(14-15-7-6-10-21-13-15)18-9-8-16(19)12-17(18)20/h6-10,12-13H,2-5,11,14H2,1H3. The van der Waals surface area contributed by atoms with Crippen LogP contribution in [-0.2, 0) is 6.54 Å². The van der Waals surface area contributed by atoms with E-state index in [-0.39, 0.29) is 0 Å². The number of nitrogens with zero attached hydrogens (tertiary/aromatic N) is 2. The van der Waals surface area contributed by atoms with Crippen LogP contribution >= 0.6 is 23.2 Å². The number of rotatable bonds is 8. The summed E-state index contributed by atoms with van der Waals surface area (Å²) < 4.78 is 0. The first-order valence-electron chi connectivity index (χ1n) is 7.79. The van der Waals surface area contributed by atoms with Crippen molar-refractivity contribution in [2.75, 3.05) is 11.4 Å². The first kappa shape index (κ1) is 17.1. The Bertz CT molecular complexity index is 573. The van der Waals surface area contributed by atoms with Crippen LogP contribution < -0.4 is 4.90 Å². The lowest BCUT2D eigenvalue weighted by atomic mass is 10.1. The second-order valence-corrected chi connectivity index (χ2v) is 6.28. The van der Waals surface area contributed by atoms with E-state index in [0.717, 1.165) is 25.2 Å². The van der Waals surface area contributed by atoms with E-state index < -0.39 is 0 Å². The molecule has 2 aromatic rings. The molecule has 0 spiro atoms. The van der Waals surface area contributed by atoms with Crippen molar-refractivity contribution in [2.45, 2.75) is 39.2 Å². The average molecular weight is 337 g/mol. The molecular formula is C18H22Cl2N2. The van der Waals surface area contributed by atoms with Gasteiger partial charge in [-0.3, -0.25) is 4.98 Å². The second kappa shape index (κ2) is 9.02. The molecule has 0 atom stereocenters. The van der Waals surface area contributed by atoms with Crippen LogP contribution in [0.5, 0.6) is 0 Å². The SMILES string of the molecule is CCCCCCN(Cc1cccnc1)c1ccc(Cl)cc1Cl. The third-order valence-electron chi connectivity index (χ3n) is 3.63. The summed E-state index contributed by atoms with van der Waals surface area (Å²) in [6, 6.07) is 9.76. The zero-order valence-electron chi connectivity index (χ0n) is 12.9. The number of benzene rings is 1. The fraction of sp³-hybridized carbons (Fsp3) is 0.389. The van der Waals surface area contributed by atoms with E-state index in [4.69, 9.17) is 23.2 Å². The Morgan fingerprint density at radius 2 is 1.95 bits per heavy atom. The van der Waals surface area contributed by atoms with E-state index in [0.29, 0.717) is 10.0 Å². The lowest BCUT2D eigenvalue weighted by Gasteiger charge is -2.26. The highest BCUT2D eigenvalue weighted by atomic mass is 35.5. The van der Waals surface area contributed by atoms with E-state index >= 15 is 0 Å². The molecule has 22 heavy (non-hydrogen) atoms. The van der Waals surface area contributed by atoms with Gasteiger partial charge >= 0.3 is 0 Å². The maximum atomic E-state index is 6.39. The van der Waals surface area contributed by atoms with Crippen LogP contribution in [0.25, 0.3) is 0 Å². The summed E-state index contributed by atoms with van der Waals surface area (Å²) in [5.74, 6) is 0. The van der Waals surface area contributed by atoms with Crippen molar-refractivity contribution in [3.63, 3.8) is 0 Å². The number of pyridine rings is 1. The van der Waals surface area contributed by atoms with Crippen molar-refractivity contribution in [1.29, 1.82) is 0 Å². The summed E-state index contributed by atoms with van der Waals surface area (Å²) in [6.07, 6.45) is 8.62. The van der Waals surface area contributed by atoms with Crippen molar-refractivity contribution in [3.8, 4) is 0 Å². The largest absolute Gasteiger partial charge is 0.366 e. The van der Waals surface area contributed by atoms with Crippen LogP contribution in [-0.4, -0.2) is 11.5 Å². The Hall–Kier alpha value is -1.25. The van der Waals surface area contributed by atoms with Crippen LogP contribution in [0.1, 0.15) is 38.2 Å². The number of aromatic nitrogens is 1. The van der Waals surface area contributed by atoms with Gasteiger partial charge < -0.3 is 4.90 Å². The van der Waals surface area contributed by atoms with Gasteiger partial charge in [0.15, 0.2) is 0 Å². The molecule has 1 aromatic carbocycles. The molecule has 0 radical (unpaired) electrons. The molecular weight excluding hydrogens is 315 g/mol. The molecule has 0 saturated heterocycles. The summed E-state index contributed by atoms with van der Waals surface area (Å²) in [5, 5.41) is 1.37. The Labute approximate surface area is 143 Å². The number of halogens is 2. The maximum absolute atomic E-state index is 6.39. The quantitative estimate of drug-likeness (QED) is 0.551. The molecule has 0 saturated carbocycles. The van der Waals surface area contributed by atoms with Gasteiger partial charge in [-0.1, -0.05) is 55.5 Å². The predicted molar refractivity (Wildman–Crippen MR) is 95.9 cm³/mol. The van der Waals surface area contributed by atoms with Crippen LogP contribution in [0, 0.1) is 0 Å². The van der Waals surface area contributed by atoms with Gasteiger partial charge in [-0.2, -0.15) is 0 Å². The van der Waals surface area contributed by atoms with E-state index in [2.05, 4.69) is 22.9 Å². The van der Waals surface area contributed by atoms with Crippen LogP contribution in [0.3, 0.4) is 0 Å². The summed E-state index contributed by atoms with van der Waals surface area (Å²) >= 11 is 12.4. The lowest BCUT2D eigenvalue weighted by Crippen LogP contribution is -2.24. The highest BCUT2D eigenvalue weighted by molar-refractivity contribution is 6.36. The molecule has 1 aromatic heterocycles. The van der Waals surface area contributed by atoms with Crippen molar-refractivity contribution < 1.29 is 0 Å². The molecule has 0 aliphatic rings. The molecule has 0 fully saturated rings. The van der Waals surface area contributed by atoms with E-state index in [1.165, 1.54) is 24.8 Å². The minimum Gasteiger partial charge on any atom is -0.366 e. The minimum atomic E-state index is 0.668. The molecule has 118 valence electrons. The summed E-state index contributed by atoms with van der Waals surface area (Å²) in [6.45, 7) is 4.01. The summed E-state index contributed by atoms with van der Waals surface area (Å²) in [5.41, 5.74) is 2.22. The number of unbranched alkanes of at least 4 members (excludes halogenated alkanes) is 3. The lowest BCUT2D eigenvalue weighted by molar-refractivity contribution is 0.642. The topological polar surface area (TPSA) is 16.1 Å². The fourth-order valence-electron chi connectivity index (χ4n) is 2.46. The van der Waals surface area contributed by atoms with Gasteiger partial charge in [0, 0.05) is 30.5 Å². The van der Waals surface area contributed by atoms with Crippen molar-refractivity contribution >= 4 is 28.9 Å². The maximum Gasteiger partial charge on any atom is 0.0654 e. The van der Waals surface area contributed by atoms with Crippen molar-refractivity contribution in [3.05, 3.63) is 58.3 Å². The Kier molecular flexibility index (Phi) is 7.01. The zero-order chi connectivity index (χ0) is 15.8.